The highest BCUT2D eigenvalue weighted by Crippen LogP contribution is 2.24. The molecule has 1 aromatic carbocycles. The van der Waals surface area contributed by atoms with Gasteiger partial charge in [-0.2, -0.15) is 0 Å². The Morgan fingerprint density at radius 2 is 1.80 bits per heavy atom. The summed E-state index contributed by atoms with van der Waals surface area (Å²) in [6.45, 7) is 8.25. The summed E-state index contributed by atoms with van der Waals surface area (Å²) in [7, 11) is 0. The second-order valence-corrected chi connectivity index (χ2v) is 5.23. The van der Waals surface area contributed by atoms with Gasteiger partial charge in [0.25, 0.3) is 5.56 Å². The Bertz CT molecular complexity index is 651. The molecular formula is C16H21N3O. The molecule has 2 rings (SSSR count). The van der Waals surface area contributed by atoms with Crippen LogP contribution in [-0.2, 0) is 6.42 Å². The highest BCUT2D eigenvalue weighted by molar-refractivity contribution is 5.63. The number of H-pyrrole nitrogens is 1. The Kier molecular flexibility index (Phi) is 4.23. The van der Waals surface area contributed by atoms with E-state index < -0.39 is 0 Å². The van der Waals surface area contributed by atoms with Crippen LogP contribution >= 0.6 is 0 Å². The third-order valence-corrected chi connectivity index (χ3v) is 3.22. The second kappa shape index (κ2) is 5.90. The van der Waals surface area contributed by atoms with Crippen LogP contribution in [0.3, 0.4) is 0 Å². The monoisotopic (exact) mass is 271 g/mol. The van der Waals surface area contributed by atoms with Crippen LogP contribution in [0.5, 0.6) is 0 Å². The molecule has 0 atom stereocenters. The largest absolute Gasteiger partial charge is 0.325 e. The molecule has 0 saturated carbocycles. The molecule has 0 aliphatic rings. The van der Waals surface area contributed by atoms with Crippen molar-refractivity contribution in [2.24, 2.45) is 0 Å². The number of benzene rings is 1. The van der Waals surface area contributed by atoms with Crippen molar-refractivity contribution in [2.45, 2.75) is 40.5 Å². The Balaban J connectivity index is 2.37. The first-order valence-corrected chi connectivity index (χ1v) is 6.94. The van der Waals surface area contributed by atoms with E-state index in [0.29, 0.717) is 5.95 Å². The maximum atomic E-state index is 11.7. The fourth-order valence-electron chi connectivity index (χ4n) is 2.45. The summed E-state index contributed by atoms with van der Waals surface area (Å²) < 4.78 is 0. The lowest BCUT2D eigenvalue weighted by Gasteiger charge is -2.13. The van der Waals surface area contributed by atoms with Gasteiger partial charge in [0.15, 0.2) is 0 Å². The summed E-state index contributed by atoms with van der Waals surface area (Å²) in [5.74, 6) is 0.510. The first-order valence-electron chi connectivity index (χ1n) is 6.94. The summed E-state index contributed by atoms with van der Waals surface area (Å²) in [6, 6.07) is 5.79. The lowest BCUT2D eigenvalue weighted by Crippen LogP contribution is -2.12. The molecule has 2 aromatic rings. The van der Waals surface area contributed by atoms with E-state index in [1.807, 2.05) is 0 Å². The Morgan fingerprint density at radius 1 is 1.15 bits per heavy atom. The number of aryl methyl sites for hydroxylation is 4. The van der Waals surface area contributed by atoms with E-state index in [9.17, 15) is 4.79 Å². The van der Waals surface area contributed by atoms with Gasteiger partial charge in [0.05, 0.1) is 0 Å². The lowest BCUT2D eigenvalue weighted by molar-refractivity contribution is 0.869. The molecule has 0 amide bonds. The van der Waals surface area contributed by atoms with E-state index in [1.165, 1.54) is 5.56 Å². The van der Waals surface area contributed by atoms with E-state index in [-0.39, 0.29) is 5.56 Å². The lowest BCUT2D eigenvalue weighted by atomic mass is 10.1. The molecular weight excluding hydrogens is 250 g/mol. The van der Waals surface area contributed by atoms with E-state index >= 15 is 0 Å². The molecule has 0 saturated heterocycles. The smallest absolute Gasteiger partial charge is 0.252 e. The molecule has 1 heterocycles. The van der Waals surface area contributed by atoms with Gasteiger partial charge in [-0.05, 0) is 38.3 Å². The van der Waals surface area contributed by atoms with Crippen molar-refractivity contribution in [3.8, 4) is 0 Å². The van der Waals surface area contributed by atoms with Crippen LogP contribution in [0.15, 0.2) is 23.0 Å². The highest BCUT2D eigenvalue weighted by atomic mass is 16.1. The summed E-state index contributed by atoms with van der Waals surface area (Å²) >= 11 is 0. The van der Waals surface area contributed by atoms with Crippen molar-refractivity contribution >= 4 is 11.6 Å². The standard InChI is InChI=1S/C16H21N3O/c1-5-6-13-9-14(20)18-16(17-13)19-15-11(3)7-10(2)8-12(15)4/h7-9H,5-6H2,1-4H3,(H2,17,18,19,20). The normalized spacial score (nSPS) is 10.6. The topological polar surface area (TPSA) is 57.8 Å². The Labute approximate surface area is 119 Å². The summed E-state index contributed by atoms with van der Waals surface area (Å²) in [6.07, 6.45) is 1.78. The average molecular weight is 271 g/mol. The van der Waals surface area contributed by atoms with Gasteiger partial charge in [-0.15, -0.1) is 0 Å². The molecule has 4 heteroatoms. The van der Waals surface area contributed by atoms with Crippen molar-refractivity contribution in [1.82, 2.24) is 9.97 Å². The van der Waals surface area contributed by atoms with E-state index in [1.54, 1.807) is 6.07 Å². The maximum Gasteiger partial charge on any atom is 0.252 e. The molecule has 0 fully saturated rings. The number of hydrogen-bond acceptors (Lipinski definition) is 3. The predicted molar refractivity (Wildman–Crippen MR) is 82.8 cm³/mol. The molecule has 1 aromatic heterocycles. The van der Waals surface area contributed by atoms with Gasteiger partial charge >= 0.3 is 0 Å². The van der Waals surface area contributed by atoms with Crippen LogP contribution in [0, 0.1) is 20.8 Å². The van der Waals surface area contributed by atoms with Crippen LogP contribution in [0.4, 0.5) is 11.6 Å². The predicted octanol–water partition coefficient (Wildman–Crippen LogP) is 3.39. The molecule has 0 spiro atoms. The third kappa shape index (κ3) is 3.26. The summed E-state index contributed by atoms with van der Waals surface area (Å²) in [4.78, 5) is 18.9. The average Bonchev–Trinajstić information content (AvgIpc) is 2.33. The zero-order valence-electron chi connectivity index (χ0n) is 12.5. The van der Waals surface area contributed by atoms with E-state index in [2.05, 4.69) is 55.1 Å². The molecule has 0 aliphatic carbocycles. The highest BCUT2D eigenvalue weighted by Gasteiger charge is 2.07. The Hall–Kier alpha value is -2.10. The van der Waals surface area contributed by atoms with Crippen molar-refractivity contribution in [2.75, 3.05) is 5.32 Å². The number of aromatic amines is 1. The van der Waals surface area contributed by atoms with Gasteiger partial charge in [-0.1, -0.05) is 31.0 Å². The fourth-order valence-corrected chi connectivity index (χ4v) is 2.45. The van der Waals surface area contributed by atoms with Crippen molar-refractivity contribution in [3.63, 3.8) is 0 Å². The Morgan fingerprint density at radius 3 is 2.40 bits per heavy atom. The SMILES string of the molecule is CCCc1cc(=O)[nH]c(Nc2c(C)cc(C)cc2C)n1. The van der Waals surface area contributed by atoms with Crippen molar-refractivity contribution in [1.29, 1.82) is 0 Å². The maximum absolute atomic E-state index is 11.7. The number of hydrogen-bond donors (Lipinski definition) is 2. The number of nitrogens with one attached hydrogen (secondary N) is 2. The van der Waals surface area contributed by atoms with Crippen LogP contribution < -0.4 is 10.9 Å². The molecule has 0 bridgehead atoms. The molecule has 0 unspecified atom stereocenters. The second-order valence-electron chi connectivity index (χ2n) is 5.23. The van der Waals surface area contributed by atoms with Gasteiger partial charge < -0.3 is 5.32 Å². The molecule has 106 valence electrons. The van der Waals surface area contributed by atoms with Crippen molar-refractivity contribution in [3.05, 3.63) is 50.9 Å². The van der Waals surface area contributed by atoms with Gasteiger partial charge in [-0.25, -0.2) is 4.98 Å². The van der Waals surface area contributed by atoms with Crippen LogP contribution in [0.1, 0.15) is 35.7 Å². The zero-order chi connectivity index (χ0) is 14.7. The van der Waals surface area contributed by atoms with Gasteiger partial charge in [-0.3, -0.25) is 9.78 Å². The number of anilines is 2. The zero-order valence-corrected chi connectivity index (χ0v) is 12.5. The van der Waals surface area contributed by atoms with E-state index in [0.717, 1.165) is 35.3 Å². The quantitative estimate of drug-likeness (QED) is 0.896. The van der Waals surface area contributed by atoms with Crippen LogP contribution in [0.2, 0.25) is 0 Å². The third-order valence-electron chi connectivity index (χ3n) is 3.22. The molecule has 0 aliphatic heterocycles. The molecule has 2 N–H and O–H groups in total. The minimum atomic E-state index is -0.117. The number of aromatic nitrogens is 2. The summed E-state index contributed by atoms with van der Waals surface area (Å²) in [5, 5.41) is 3.24. The molecule has 20 heavy (non-hydrogen) atoms. The van der Waals surface area contributed by atoms with Crippen molar-refractivity contribution < 1.29 is 0 Å². The first kappa shape index (κ1) is 14.3. The van der Waals surface area contributed by atoms with Crippen LogP contribution in [0.25, 0.3) is 0 Å². The number of nitrogens with zero attached hydrogens (tertiary/aromatic N) is 1. The molecule has 4 nitrogen and oxygen atoms in total. The minimum Gasteiger partial charge on any atom is -0.325 e. The van der Waals surface area contributed by atoms with Crippen LogP contribution in [-0.4, -0.2) is 9.97 Å². The van der Waals surface area contributed by atoms with Gasteiger partial charge in [0.2, 0.25) is 5.95 Å². The number of rotatable bonds is 4. The molecule has 0 radical (unpaired) electrons. The fraction of sp³-hybridized carbons (Fsp3) is 0.375. The summed E-state index contributed by atoms with van der Waals surface area (Å²) in [5.41, 5.74) is 5.23. The minimum absolute atomic E-state index is 0.117. The van der Waals surface area contributed by atoms with Gasteiger partial charge in [0, 0.05) is 17.4 Å². The van der Waals surface area contributed by atoms with E-state index in [4.69, 9.17) is 0 Å². The first-order chi connectivity index (χ1) is 9.49. The van der Waals surface area contributed by atoms with Gasteiger partial charge in [0.1, 0.15) is 0 Å².